The lowest BCUT2D eigenvalue weighted by Crippen LogP contribution is -2.07. The summed E-state index contributed by atoms with van der Waals surface area (Å²) in [6, 6.07) is 2.43. The van der Waals surface area contributed by atoms with E-state index in [4.69, 9.17) is 16.8 Å². The van der Waals surface area contributed by atoms with E-state index in [1.54, 1.807) is 0 Å². The van der Waals surface area contributed by atoms with Gasteiger partial charge in [-0.3, -0.25) is 0 Å². The van der Waals surface area contributed by atoms with Gasteiger partial charge in [-0.1, -0.05) is 12.1 Å². The quantitative estimate of drug-likeness (QED) is 0.723. The Balaban J connectivity index is 3.58. The van der Waals surface area contributed by atoms with Gasteiger partial charge in [-0.05, 0) is 12.5 Å². The first-order valence-corrected chi connectivity index (χ1v) is 3.96. The van der Waals surface area contributed by atoms with Crippen LogP contribution in [0.2, 0.25) is 0 Å². The fourth-order valence-electron chi connectivity index (χ4n) is 1.29. The van der Waals surface area contributed by atoms with Crippen molar-refractivity contribution in [3.63, 3.8) is 0 Å². The highest BCUT2D eigenvalue weighted by atomic mass is 16.4. The van der Waals surface area contributed by atoms with Crippen molar-refractivity contribution in [2.75, 3.05) is 0 Å². The van der Waals surface area contributed by atoms with Crippen molar-refractivity contribution in [3.8, 4) is 0 Å². The zero-order valence-corrected chi connectivity index (χ0v) is 7.81. The maximum Gasteiger partial charge on any atom is 0.335 e. The topological polar surface area (TPSA) is 79.0 Å². The molecular weight excluding hydrogens is 198 g/mol. The van der Waals surface area contributed by atoms with Crippen LogP contribution in [0.1, 0.15) is 26.3 Å². The summed E-state index contributed by atoms with van der Waals surface area (Å²) in [4.78, 5) is 24.6. The third kappa shape index (κ3) is 1.79. The van der Waals surface area contributed by atoms with Crippen molar-refractivity contribution in [1.29, 1.82) is 0 Å². The minimum absolute atomic E-state index is 0.0509. The molecule has 0 radical (unpaired) electrons. The number of aromatic carboxylic acids is 2. The number of nitrogens with zero attached hydrogens (tertiary/aromatic N) is 1. The van der Waals surface area contributed by atoms with Gasteiger partial charge in [-0.15, -0.1) is 0 Å². The average Bonchev–Trinajstić information content (AvgIpc) is 2.15. The molecule has 0 atom stereocenters. The molecule has 0 aromatic heterocycles. The van der Waals surface area contributed by atoms with E-state index in [1.807, 2.05) is 0 Å². The number of hydrogen-bond donors (Lipinski definition) is 2. The lowest BCUT2D eigenvalue weighted by molar-refractivity contribution is 0.0696. The molecule has 0 heterocycles. The Morgan fingerprint density at radius 2 is 1.87 bits per heavy atom. The summed E-state index contributed by atoms with van der Waals surface area (Å²) in [5.74, 6) is -2.49. The molecule has 5 nitrogen and oxygen atoms in total. The minimum atomic E-state index is -1.29. The normalized spacial score (nSPS) is 9.33. The number of carboxylic acid groups (broad SMARTS) is 2. The first-order chi connectivity index (χ1) is 6.99. The molecule has 0 saturated carbocycles. The Hall–Kier alpha value is -2.35. The third-order valence-electron chi connectivity index (χ3n) is 2.01. The molecule has 0 aliphatic carbocycles. The van der Waals surface area contributed by atoms with Crippen LogP contribution >= 0.6 is 0 Å². The van der Waals surface area contributed by atoms with Crippen molar-refractivity contribution in [2.24, 2.45) is 0 Å². The Labute approximate surface area is 85.4 Å². The van der Waals surface area contributed by atoms with E-state index < -0.39 is 11.9 Å². The van der Waals surface area contributed by atoms with Gasteiger partial charge in [-0.25, -0.2) is 14.4 Å². The summed E-state index contributed by atoms with van der Waals surface area (Å²) in [5.41, 5.74) is -0.293. The van der Waals surface area contributed by atoms with Gasteiger partial charge in [0, 0.05) is 0 Å². The maximum atomic E-state index is 10.8. The molecule has 0 saturated heterocycles. The number of carboxylic acids is 2. The molecule has 76 valence electrons. The maximum absolute atomic E-state index is 10.8. The molecule has 1 aromatic carbocycles. The van der Waals surface area contributed by atoms with Crippen LogP contribution in [-0.4, -0.2) is 22.2 Å². The molecule has 0 aliphatic heterocycles. The highest BCUT2D eigenvalue weighted by Crippen LogP contribution is 2.25. The van der Waals surface area contributed by atoms with Gasteiger partial charge in [0.1, 0.15) is 0 Å². The van der Waals surface area contributed by atoms with Crippen LogP contribution in [0, 0.1) is 13.5 Å². The molecule has 1 aromatic rings. The second-order valence-corrected chi connectivity index (χ2v) is 2.85. The Bertz CT molecular complexity index is 485. The van der Waals surface area contributed by atoms with Crippen molar-refractivity contribution >= 4 is 17.6 Å². The van der Waals surface area contributed by atoms with E-state index in [1.165, 1.54) is 19.1 Å². The summed E-state index contributed by atoms with van der Waals surface area (Å²) in [6.45, 7) is 8.14. The van der Waals surface area contributed by atoms with Gasteiger partial charge in [0.2, 0.25) is 5.69 Å². The van der Waals surface area contributed by atoms with Crippen LogP contribution in [-0.2, 0) is 0 Å². The zero-order valence-electron chi connectivity index (χ0n) is 7.81. The van der Waals surface area contributed by atoms with Crippen LogP contribution in [0.4, 0.5) is 5.69 Å². The minimum Gasteiger partial charge on any atom is -0.479 e. The first-order valence-electron chi connectivity index (χ1n) is 3.96. The lowest BCUT2D eigenvalue weighted by Gasteiger charge is -2.06. The Morgan fingerprint density at radius 1 is 1.27 bits per heavy atom. The van der Waals surface area contributed by atoms with Crippen LogP contribution in [0.5, 0.6) is 0 Å². The van der Waals surface area contributed by atoms with Crippen molar-refractivity contribution in [3.05, 3.63) is 40.2 Å². The van der Waals surface area contributed by atoms with Gasteiger partial charge in [0.25, 0.3) is 0 Å². The fourth-order valence-corrected chi connectivity index (χ4v) is 1.29. The average molecular weight is 205 g/mol. The molecule has 0 amide bonds. The van der Waals surface area contributed by atoms with Crippen molar-refractivity contribution in [2.45, 2.75) is 6.92 Å². The summed E-state index contributed by atoms with van der Waals surface area (Å²) >= 11 is 0. The van der Waals surface area contributed by atoms with Gasteiger partial charge in [0.05, 0.1) is 17.7 Å². The van der Waals surface area contributed by atoms with Crippen molar-refractivity contribution in [1.82, 2.24) is 0 Å². The molecule has 0 spiro atoms. The largest absolute Gasteiger partial charge is 0.479 e. The lowest BCUT2D eigenvalue weighted by atomic mass is 10.0. The molecule has 2 N–H and O–H groups in total. The number of rotatable bonds is 2. The molecule has 0 unspecified atom stereocenters. The van der Waals surface area contributed by atoms with Gasteiger partial charge >= 0.3 is 11.9 Å². The highest BCUT2D eigenvalue weighted by molar-refractivity contribution is 6.01. The predicted octanol–water partition coefficient (Wildman–Crippen LogP) is 1.94. The molecule has 15 heavy (non-hydrogen) atoms. The molecule has 0 fully saturated rings. The van der Waals surface area contributed by atoms with Gasteiger partial charge in [-0.2, -0.15) is 0 Å². The van der Waals surface area contributed by atoms with Crippen molar-refractivity contribution < 1.29 is 19.8 Å². The standard InChI is InChI=1S/C10H7NO4/c1-5-6(9(12)13)3-4-7(11-2)8(5)10(14)15/h3-4H,1H3,(H,12,13)(H,14,15). The number of benzene rings is 1. The molecule has 5 heteroatoms. The summed E-state index contributed by atoms with van der Waals surface area (Å²) in [6.07, 6.45) is 0. The highest BCUT2D eigenvalue weighted by Gasteiger charge is 2.18. The summed E-state index contributed by atoms with van der Waals surface area (Å²) in [7, 11) is 0. The zero-order chi connectivity index (χ0) is 11.6. The molecule has 0 bridgehead atoms. The van der Waals surface area contributed by atoms with Crippen LogP contribution < -0.4 is 0 Å². The second-order valence-electron chi connectivity index (χ2n) is 2.85. The molecule has 0 aliphatic rings. The SMILES string of the molecule is [C-]#[N+]c1ccc(C(=O)O)c(C)c1C(=O)O. The van der Waals surface area contributed by atoms with E-state index in [9.17, 15) is 9.59 Å². The third-order valence-corrected chi connectivity index (χ3v) is 2.01. The number of hydrogen-bond acceptors (Lipinski definition) is 2. The van der Waals surface area contributed by atoms with Gasteiger partial charge < -0.3 is 10.2 Å². The van der Waals surface area contributed by atoms with Crippen LogP contribution in [0.25, 0.3) is 4.85 Å². The van der Waals surface area contributed by atoms with Gasteiger partial charge in [0.15, 0.2) is 0 Å². The Morgan fingerprint density at radius 3 is 2.27 bits per heavy atom. The van der Waals surface area contributed by atoms with Crippen LogP contribution in [0.3, 0.4) is 0 Å². The predicted molar refractivity (Wildman–Crippen MR) is 51.4 cm³/mol. The van der Waals surface area contributed by atoms with Crippen LogP contribution in [0.15, 0.2) is 12.1 Å². The first kappa shape index (κ1) is 10.7. The molecular formula is C10H7NO4. The summed E-state index contributed by atoms with van der Waals surface area (Å²) in [5, 5.41) is 17.6. The smallest absolute Gasteiger partial charge is 0.335 e. The number of carbonyl (C=O) groups is 2. The van der Waals surface area contributed by atoms with E-state index >= 15 is 0 Å². The molecule has 1 rings (SSSR count). The van der Waals surface area contributed by atoms with E-state index in [2.05, 4.69) is 4.85 Å². The second kappa shape index (κ2) is 3.80. The fraction of sp³-hybridized carbons (Fsp3) is 0.100. The van der Waals surface area contributed by atoms with E-state index in [-0.39, 0.29) is 22.4 Å². The van der Waals surface area contributed by atoms with E-state index in [0.29, 0.717) is 0 Å². The monoisotopic (exact) mass is 205 g/mol. The van der Waals surface area contributed by atoms with E-state index in [0.717, 1.165) is 0 Å². The Kier molecular flexibility index (Phi) is 2.72. The summed E-state index contributed by atoms with van der Waals surface area (Å²) < 4.78 is 0.